The molecule has 6 nitrogen and oxygen atoms in total. The third-order valence-corrected chi connectivity index (χ3v) is 4.51. The van der Waals surface area contributed by atoms with Crippen LogP contribution < -0.4 is 15.2 Å². The minimum absolute atomic E-state index is 0.0790. The second kappa shape index (κ2) is 7.52. The molecule has 2 N–H and O–H groups in total. The second-order valence-electron chi connectivity index (χ2n) is 6.52. The summed E-state index contributed by atoms with van der Waals surface area (Å²) < 4.78 is 11.4. The van der Waals surface area contributed by atoms with E-state index in [1.165, 1.54) is 0 Å². The number of rotatable bonds is 5. The number of nitrogens with zero attached hydrogens (tertiary/aromatic N) is 1. The van der Waals surface area contributed by atoms with Crippen molar-refractivity contribution in [2.24, 2.45) is 5.73 Å². The van der Waals surface area contributed by atoms with Gasteiger partial charge in [-0.05, 0) is 47.9 Å². The van der Waals surface area contributed by atoms with Gasteiger partial charge in [-0.3, -0.25) is 9.59 Å². The molecule has 140 valence electrons. The number of nitrogens with two attached hydrogens (primary N) is 1. The van der Waals surface area contributed by atoms with E-state index in [0.717, 1.165) is 11.1 Å². The quantitative estimate of drug-likeness (QED) is 0.738. The zero-order valence-corrected chi connectivity index (χ0v) is 15.1. The first-order valence-electron chi connectivity index (χ1n) is 8.90. The number of hydrogen-bond donors (Lipinski definition) is 1. The summed E-state index contributed by atoms with van der Waals surface area (Å²) in [6.07, 6.45) is 2.75. The predicted octanol–water partition coefficient (Wildman–Crippen LogP) is 3.53. The third-order valence-electron chi connectivity index (χ3n) is 4.51. The van der Waals surface area contributed by atoms with Gasteiger partial charge in [0.1, 0.15) is 11.5 Å². The lowest BCUT2D eigenvalue weighted by molar-refractivity contribution is 0.0932. The normalized spacial score (nSPS) is 12.8. The van der Waals surface area contributed by atoms with Gasteiger partial charge in [-0.15, -0.1) is 0 Å². The van der Waals surface area contributed by atoms with Gasteiger partial charge < -0.3 is 15.2 Å². The molecule has 6 heteroatoms. The lowest BCUT2D eigenvalue weighted by Gasteiger charge is -2.17. The molecule has 1 aliphatic heterocycles. The van der Waals surface area contributed by atoms with E-state index >= 15 is 0 Å². The Labute approximate surface area is 161 Å². The van der Waals surface area contributed by atoms with Gasteiger partial charge in [0.15, 0.2) is 5.78 Å². The van der Waals surface area contributed by atoms with Crippen LogP contribution >= 0.6 is 0 Å². The Kier molecular flexibility index (Phi) is 4.76. The topological polar surface area (TPSA) is 91.5 Å². The highest BCUT2D eigenvalue weighted by atomic mass is 16.5. The van der Waals surface area contributed by atoms with Crippen molar-refractivity contribution in [1.29, 1.82) is 0 Å². The van der Waals surface area contributed by atoms with Crippen LogP contribution in [0, 0.1) is 0 Å². The Morgan fingerprint density at radius 3 is 2.68 bits per heavy atom. The molecule has 0 atom stereocenters. The molecule has 2 heterocycles. The average Bonchev–Trinajstić information content (AvgIpc) is 2.69. The summed E-state index contributed by atoms with van der Waals surface area (Å²) in [5, 5.41) is 0. The molecule has 0 unspecified atom stereocenters. The molecule has 0 spiro atoms. The van der Waals surface area contributed by atoms with Gasteiger partial charge in [0.25, 0.3) is 0 Å². The van der Waals surface area contributed by atoms with Gasteiger partial charge in [0.05, 0.1) is 12.2 Å². The number of hydrogen-bond acceptors (Lipinski definition) is 5. The highest BCUT2D eigenvalue weighted by Crippen LogP contribution is 2.31. The molecular formula is C22H18N2O4. The standard InChI is InChI=1S/C22H18N2O4/c23-22(26)16-3-1-14(2-4-16)11-15-7-9-24-21(12-15)28-17-5-6-18-19(25)8-10-27-20(18)13-17/h1-7,9,12-13H,8,10-11H2,(H2,23,26). The third kappa shape index (κ3) is 3.86. The summed E-state index contributed by atoms with van der Waals surface area (Å²) in [7, 11) is 0. The highest BCUT2D eigenvalue weighted by molar-refractivity contribution is 5.99. The Morgan fingerprint density at radius 2 is 1.89 bits per heavy atom. The second-order valence-corrected chi connectivity index (χ2v) is 6.52. The van der Waals surface area contributed by atoms with Crippen LogP contribution in [0.5, 0.6) is 17.4 Å². The van der Waals surface area contributed by atoms with E-state index in [4.69, 9.17) is 15.2 Å². The molecule has 0 fully saturated rings. The van der Waals surface area contributed by atoms with Crippen molar-refractivity contribution in [3.05, 3.63) is 83.0 Å². The van der Waals surface area contributed by atoms with Gasteiger partial charge in [-0.25, -0.2) is 4.98 Å². The van der Waals surface area contributed by atoms with Crippen LogP contribution in [0.3, 0.4) is 0 Å². The van der Waals surface area contributed by atoms with E-state index in [2.05, 4.69) is 4.98 Å². The van der Waals surface area contributed by atoms with Crippen LogP contribution in [0.15, 0.2) is 60.8 Å². The fraction of sp³-hybridized carbons (Fsp3) is 0.136. The summed E-state index contributed by atoms with van der Waals surface area (Å²) in [4.78, 5) is 27.3. The molecule has 0 aliphatic carbocycles. The molecule has 1 aliphatic rings. The van der Waals surface area contributed by atoms with Gasteiger partial charge in [0.2, 0.25) is 11.8 Å². The fourth-order valence-electron chi connectivity index (χ4n) is 3.06. The Balaban J connectivity index is 1.49. The van der Waals surface area contributed by atoms with Crippen LogP contribution in [0.1, 0.15) is 38.3 Å². The molecule has 0 radical (unpaired) electrons. The number of ether oxygens (including phenoxy) is 2. The van der Waals surface area contributed by atoms with Crippen molar-refractivity contribution in [2.75, 3.05) is 6.61 Å². The van der Waals surface area contributed by atoms with Gasteiger partial charge in [-0.1, -0.05) is 12.1 Å². The SMILES string of the molecule is NC(=O)c1ccc(Cc2ccnc(Oc3ccc4c(c3)OCCC4=O)c2)cc1. The first-order chi connectivity index (χ1) is 13.6. The minimum Gasteiger partial charge on any atom is -0.492 e. The molecule has 0 saturated heterocycles. The number of Topliss-reactive ketones (excluding diaryl/α,β-unsaturated/α-hetero) is 1. The van der Waals surface area contributed by atoms with Crippen molar-refractivity contribution < 1.29 is 19.1 Å². The van der Waals surface area contributed by atoms with Crippen LogP contribution in [-0.2, 0) is 6.42 Å². The number of primary amides is 1. The largest absolute Gasteiger partial charge is 0.492 e. The zero-order chi connectivity index (χ0) is 19.5. The molecule has 4 rings (SSSR count). The maximum Gasteiger partial charge on any atom is 0.248 e. The number of pyridine rings is 1. The van der Waals surface area contributed by atoms with Crippen molar-refractivity contribution in [3.8, 4) is 17.4 Å². The van der Waals surface area contributed by atoms with Crippen molar-refractivity contribution >= 4 is 11.7 Å². The van der Waals surface area contributed by atoms with E-state index in [9.17, 15) is 9.59 Å². The fourth-order valence-corrected chi connectivity index (χ4v) is 3.06. The number of carbonyl (C=O) groups is 2. The number of fused-ring (bicyclic) bond motifs is 1. The van der Waals surface area contributed by atoms with Crippen molar-refractivity contribution in [2.45, 2.75) is 12.8 Å². The molecule has 1 amide bonds. The van der Waals surface area contributed by atoms with Crippen LogP contribution in [0.4, 0.5) is 0 Å². The Hall–Kier alpha value is -3.67. The maximum absolute atomic E-state index is 11.9. The van der Waals surface area contributed by atoms with Crippen molar-refractivity contribution in [3.63, 3.8) is 0 Å². The van der Waals surface area contributed by atoms with E-state index < -0.39 is 5.91 Å². The average molecular weight is 374 g/mol. The molecule has 0 saturated carbocycles. The first kappa shape index (κ1) is 17.7. The van der Waals surface area contributed by atoms with Crippen LogP contribution in [-0.4, -0.2) is 23.3 Å². The summed E-state index contributed by atoms with van der Waals surface area (Å²) in [6, 6.07) is 16.1. The van der Waals surface area contributed by atoms with E-state index in [1.54, 1.807) is 36.5 Å². The van der Waals surface area contributed by atoms with Crippen LogP contribution in [0.2, 0.25) is 0 Å². The molecule has 1 aromatic heterocycles. The van der Waals surface area contributed by atoms with Gasteiger partial charge >= 0.3 is 0 Å². The van der Waals surface area contributed by atoms with Crippen molar-refractivity contribution in [1.82, 2.24) is 4.98 Å². The molecular weight excluding hydrogens is 356 g/mol. The summed E-state index contributed by atoms with van der Waals surface area (Å²) in [6.45, 7) is 0.386. The smallest absolute Gasteiger partial charge is 0.248 e. The highest BCUT2D eigenvalue weighted by Gasteiger charge is 2.19. The molecule has 0 bridgehead atoms. The number of aromatic nitrogens is 1. The Morgan fingerprint density at radius 1 is 1.07 bits per heavy atom. The summed E-state index contributed by atoms with van der Waals surface area (Å²) in [5.74, 6) is 1.19. The van der Waals surface area contributed by atoms with Gasteiger partial charge in [0, 0.05) is 30.3 Å². The van der Waals surface area contributed by atoms with E-state index in [-0.39, 0.29) is 5.78 Å². The predicted molar refractivity (Wildman–Crippen MR) is 103 cm³/mol. The zero-order valence-electron chi connectivity index (χ0n) is 15.1. The molecule has 2 aromatic carbocycles. The summed E-state index contributed by atoms with van der Waals surface area (Å²) in [5.41, 5.74) is 8.39. The lowest BCUT2D eigenvalue weighted by Crippen LogP contribution is -2.15. The Bertz CT molecular complexity index is 1040. The van der Waals surface area contributed by atoms with E-state index in [1.807, 2.05) is 24.3 Å². The van der Waals surface area contributed by atoms with E-state index in [0.29, 0.717) is 48.0 Å². The summed E-state index contributed by atoms with van der Waals surface area (Å²) >= 11 is 0. The monoisotopic (exact) mass is 374 g/mol. The number of ketones is 1. The maximum atomic E-state index is 11.9. The van der Waals surface area contributed by atoms with Gasteiger partial charge in [-0.2, -0.15) is 0 Å². The lowest BCUT2D eigenvalue weighted by atomic mass is 10.0. The molecule has 28 heavy (non-hydrogen) atoms. The number of carbonyl (C=O) groups excluding carboxylic acids is 2. The number of benzene rings is 2. The van der Waals surface area contributed by atoms with Crippen LogP contribution in [0.25, 0.3) is 0 Å². The molecule has 3 aromatic rings. The number of amides is 1. The first-order valence-corrected chi connectivity index (χ1v) is 8.90. The minimum atomic E-state index is -0.443.